The van der Waals surface area contributed by atoms with Crippen LogP contribution in [0, 0.1) is 6.92 Å². The lowest BCUT2D eigenvalue weighted by molar-refractivity contribution is -0.174. The Balaban J connectivity index is 1.65. The van der Waals surface area contributed by atoms with Gasteiger partial charge < -0.3 is 20.1 Å². The zero-order chi connectivity index (χ0) is 20.9. The van der Waals surface area contributed by atoms with E-state index in [1.165, 1.54) is 11.1 Å². The van der Waals surface area contributed by atoms with Gasteiger partial charge in [0, 0.05) is 6.61 Å². The van der Waals surface area contributed by atoms with Gasteiger partial charge in [0.2, 0.25) is 5.91 Å². The molecule has 0 aromatic heterocycles. The zero-order valence-electron chi connectivity index (χ0n) is 17.7. The van der Waals surface area contributed by atoms with Crippen LogP contribution in [-0.2, 0) is 21.6 Å². The second-order valence-corrected chi connectivity index (χ2v) is 7.86. The average molecular weight is 397 g/mol. The Morgan fingerprint density at radius 3 is 2.48 bits per heavy atom. The lowest BCUT2D eigenvalue weighted by Crippen LogP contribution is -2.65. The van der Waals surface area contributed by atoms with Crippen LogP contribution in [-0.4, -0.2) is 43.7 Å². The first-order valence-corrected chi connectivity index (χ1v) is 10.4. The van der Waals surface area contributed by atoms with Gasteiger partial charge in [0.05, 0.1) is 26.2 Å². The summed E-state index contributed by atoms with van der Waals surface area (Å²) in [5.41, 5.74) is 9.21. The summed E-state index contributed by atoms with van der Waals surface area (Å²) in [6.45, 7) is 6.05. The third-order valence-electron chi connectivity index (χ3n) is 5.65. The number of likely N-dealkylation sites (tertiary alicyclic amines) is 1. The van der Waals surface area contributed by atoms with Crippen molar-refractivity contribution < 1.29 is 14.3 Å². The van der Waals surface area contributed by atoms with E-state index in [0.29, 0.717) is 26.1 Å². The first-order valence-electron chi connectivity index (χ1n) is 10.4. The van der Waals surface area contributed by atoms with E-state index in [1.807, 2.05) is 41.3 Å². The number of benzene rings is 2. The van der Waals surface area contributed by atoms with E-state index >= 15 is 0 Å². The van der Waals surface area contributed by atoms with Gasteiger partial charge in [-0.2, -0.15) is 0 Å². The second-order valence-electron chi connectivity index (χ2n) is 7.86. The molecule has 156 valence electrons. The highest BCUT2D eigenvalue weighted by molar-refractivity contribution is 5.83. The minimum absolute atomic E-state index is 0.0240. The fraction of sp³-hybridized carbons (Fsp3) is 0.458. The van der Waals surface area contributed by atoms with Crippen molar-refractivity contribution in [2.24, 2.45) is 5.73 Å². The second kappa shape index (κ2) is 9.42. The molecule has 1 aliphatic rings. The van der Waals surface area contributed by atoms with Gasteiger partial charge in [-0.25, -0.2) is 0 Å². The van der Waals surface area contributed by atoms with E-state index in [-0.39, 0.29) is 5.91 Å². The van der Waals surface area contributed by atoms with Crippen molar-refractivity contribution in [3.8, 4) is 5.75 Å². The topological polar surface area (TPSA) is 64.8 Å². The van der Waals surface area contributed by atoms with Crippen molar-refractivity contribution in [2.45, 2.75) is 44.8 Å². The Morgan fingerprint density at radius 1 is 1.17 bits per heavy atom. The Bertz CT molecular complexity index is 813. The number of unbranched alkanes of at least 4 members (excludes halogenated alkanes) is 1. The maximum atomic E-state index is 12.9. The van der Waals surface area contributed by atoms with Gasteiger partial charge >= 0.3 is 0 Å². The van der Waals surface area contributed by atoms with E-state index in [1.54, 1.807) is 7.11 Å². The molecular weight excluding hydrogens is 364 g/mol. The van der Waals surface area contributed by atoms with Crippen LogP contribution in [0.1, 0.15) is 36.5 Å². The number of nitrogens with zero attached hydrogens (tertiary/aromatic N) is 1. The van der Waals surface area contributed by atoms with Crippen LogP contribution in [0.15, 0.2) is 48.5 Å². The number of hydrogen-bond donors (Lipinski definition) is 1. The van der Waals surface area contributed by atoms with Crippen molar-refractivity contribution in [1.29, 1.82) is 0 Å². The molecule has 0 aliphatic carbocycles. The van der Waals surface area contributed by atoms with E-state index < -0.39 is 11.6 Å². The summed E-state index contributed by atoms with van der Waals surface area (Å²) in [6.07, 6.45) is 2.60. The van der Waals surface area contributed by atoms with Gasteiger partial charge in [-0.3, -0.25) is 4.79 Å². The molecule has 0 spiro atoms. The highest BCUT2D eigenvalue weighted by atomic mass is 16.5. The van der Waals surface area contributed by atoms with Crippen molar-refractivity contribution in [3.05, 3.63) is 65.2 Å². The van der Waals surface area contributed by atoms with Crippen molar-refractivity contribution >= 4 is 5.91 Å². The highest BCUT2D eigenvalue weighted by Crippen LogP contribution is 2.38. The number of ether oxygens (including phenoxy) is 2. The predicted molar refractivity (Wildman–Crippen MR) is 115 cm³/mol. The Labute approximate surface area is 173 Å². The van der Waals surface area contributed by atoms with E-state index in [9.17, 15) is 4.79 Å². The fourth-order valence-electron chi connectivity index (χ4n) is 3.90. The quantitative estimate of drug-likeness (QED) is 0.660. The molecule has 0 bridgehead atoms. The number of amides is 1. The third-order valence-corrected chi connectivity index (χ3v) is 5.65. The predicted octanol–water partition coefficient (Wildman–Crippen LogP) is 3.43. The molecular formula is C24H32N2O3. The van der Waals surface area contributed by atoms with Gasteiger partial charge in [0.25, 0.3) is 0 Å². The first kappa shape index (κ1) is 21.3. The molecule has 1 aliphatic heterocycles. The number of carbonyl (C=O) groups is 1. The SMILES string of the molecule is CCCCOC1(c2ccccc2C)CN(C(=O)C(N)Cc2ccc(OC)cc2)C1. The van der Waals surface area contributed by atoms with Crippen molar-refractivity contribution in [1.82, 2.24) is 4.90 Å². The summed E-state index contributed by atoms with van der Waals surface area (Å²) < 4.78 is 11.5. The van der Waals surface area contributed by atoms with Crippen LogP contribution in [0.25, 0.3) is 0 Å². The monoisotopic (exact) mass is 396 g/mol. The molecule has 2 N–H and O–H groups in total. The molecule has 1 saturated heterocycles. The van der Waals surface area contributed by atoms with Gasteiger partial charge in [-0.05, 0) is 48.6 Å². The summed E-state index contributed by atoms with van der Waals surface area (Å²) in [5, 5.41) is 0. The fourth-order valence-corrected chi connectivity index (χ4v) is 3.90. The van der Waals surface area contributed by atoms with Gasteiger partial charge in [-0.1, -0.05) is 49.7 Å². The summed E-state index contributed by atoms with van der Waals surface area (Å²) in [6, 6.07) is 15.4. The highest BCUT2D eigenvalue weighted by Gasteiger charge is 2.49. The minimum atomic E-state index is -0.561. The number of nitrogens with two attached hydrogens (primary N) is 1. The Hall–Kier alpha value is -2.37. The molecule has 29 heavy (non-hydrogen) atoms. The van der Waals surface area contributed by atoms with Crippen LogP contribution < -0.4 is 10.5 Å². The third kappa shape index (κ3) is 4.80. The van der Waals surface area contributed by atoms with E-state index in [2.05, 4.69) is 26.0 Å². The summed E-state index contributed by atoms with van der Waals surface area (Å²) in [7, 11) is 1.64. The summed E-state index contributed by atoms with van der Waals surface area (Å²) in [4.78, 5) is 14.7. The molecule has 1 atom stereocenters. The molecule has 1 heterocycles. The zero-order valence-corrected chi connectivity index (χ0v) is 17.7. The van der Waals surface area contributed by atoms with Crippen LogP contribution in [0.2, 0.25) is 0 Å². The summed E-state index contributed by atoms with van der Waals surface area (Å²) >= 11 is 0. The summed E-state index contributed by atoms with van der Waals surface area (Å²) in [5.74, 6) is 0.771. The van der Waals surface area contributed by atoms with Crippen LogP contribution in [0.3, 0.4) is 0 Å². The molecule has 3 rings (SSSR count). The number of methoxy groups -OCH3 is 1. The normalized spacial score (nSPS) is 16.2. The Kier molecular flexibility index (Phi) is 6.93. The molecule has 0 saturated carbocycles. The van der Waals surface area contributed by atoms with Gasteiger partial charge in [-0.15, -0.1) is 0 Å². The van der Waals surface area contributed by atoms with Crippen LogP contribution in [0.5, 0.6) is 5.75 Å². The molecule has 5 heteroatoms. The van der Waals surface area contributed by atoms with Crippen molar-refractivity contribution in [3.63, 3.8) is 0 Å². The Morgan fingerprint density at radius 2 is 1.86 bits per heavy atom. The lowest BCUT2D eigenvalue weighted by Gasteiger charge is -2.51. The van der Waals surface area contributed by atoms with Crippen LogP contribution in [0.4, 0.5) is 0 Å². The van der Waals surface area contributed by atoms with E-state index in [4.69, 9.17) is 15.2 Å². The molecule has 1 fully saturated rings. The average Bonchev–Trinajstić information content (AvgIpc) is 2.70. The maximum absolute atomic E-state index is 12.9. The number of hydrogen-bond acceptors (Lipinski definition) is 4. The maximum Gasteiger partial charge on any atom is 0.240 e. The standard InChI is InChI=1S/C24H32N2O3/c1-4-5-14-29-24(21-9-7-6-8-18(21)2)16-26(17-24)23(27)22(25)15-19-10-12-20(28-3)13-11-19/h6-13,22H,4-5,14-17,25H2,1-3H3. The molecule has 1 unspecified atom stereocenters. The lowest BCUT2D eigenvalue weighted by atomic mass is 9.82. The van der Waals surface area contributed by atoms with Gasteiger partial charge in [0.1, 0.15) is 11.4 Å². The number of rotatable bonds is 9. The smallest absolute Gasteiger partial charge is 0.240 e. The molecule has 2 aromatic rings. The molecule has 1 amide bonds. The largest absolute Gasteiger partial charge is 0.497 e. The number of aryl methyl sites for hydroxylation is 1. The minimum Gasteiger partial charge on any atom is -0.497 e. The van der Waals surface area contributed by atoms with Crippen molar-refractivity contribution in [2.75, 3.05) is 26.8 Å². The number of carbonyl (C=O) groups excluding carboxylic acids is 1. The molecule has 5 nitrogen and oxygen atoms in total. The van der Waals surface area contributed by atoms with Crippen LogP contribution >= 0.6 is 0 Å². The van der Waals surface area contributed by atoms with E-state index in [0.717, 1.165) is 24.2 Å². The first-order chi connectivity index (χ1) is 14.0. The van der Waals surface area contributed by atoms with Gasteiger partial charge in [0.15, 0.2) is 0 Å². The molecule has 2 aromatic carbocycles. The molecule has 0 radical (unpaired) electrons.